The van der Waals surface area contributed by atoms with Gasteiger partial charge in [-0.3, -0.25) is 9.69 Å². The van der Waals surface area contributed by atoms with Gasteiger partial charge in [0.05, 0.1) is 10.0 Å². The lowest BCUT2D eigenvalue weighted by molar-refractivity contribution is 0.0627. The number of amides is 1. The second-order valence-corrected chi connectivity index (χ2v) is 6.60. The summed E-state index contributed by atoms with van der Waals surface area (Å²) < 4.78 is 13.7. The molecule has 2 aromatic rings. The van der Waals surface area contributed by atoms with E-state index in [2.05, 4.69) is 4.90 Å². The van der Waals surface area contributed by atoms with E-state index >= 15 is 0 Å². The molecule has 1 saturated heterocycles. The Morgan fingerprint density at radius 2 is 1.71 bits per heavy atom. The third-order valence-electron chi connectivity index (χ3n) is 4.18. The molecule has 24 heavy (non-hydrogen) atoms. The first-order valence-electron chi connectivity index (χ1n) is 7.74. The van der Waals surface area contributed by atoms with Crippen LogP contribution >= 0.6 is 23.2 Å². The molecule has 6 heteroatoms. The van der Waals surface area contributed by atoms with Gasteiger partial charge in [0.1, 0.15) is 5.82 Å². The molecule has 0 radical (unpaired) electrons. The van der Waals surface area contributed by atoms with Gasteiger partial charge in [0.2, 0.25) is 0 Å². The monoisotopic (exact) mass is 366 g/mol. The minimum atomic E-state index is -0.188. The molecular weight excluding hydrogens is 350 g/mol. The van der Waals surface area contributed by atoms with Crippen LogP contribution in [0.2, 0.25) is 10.0 Å². The van der Waals surface area contributed by atoms with Gasteiger partial charge in [-0.1, -0.05) is 41.4 Å². The van der Waals surface area contributed by atoms with Crippen molar-refractivity contribution in [3.05, 3.63) is 69.5 Å². The first-order chi connectivity index (χ1) is 11.5. The highest BCUT2D eigenvalue weighted by atomic mass is 35.5. The van der Waals surface area contributed by atoms with Gasteiger partial charge < -0.3 is 4.90 Å². The molecule has 3 nitrogen and oxygen atoms in total. The van der Waals surface area contributed by atoms with E-state index in [0.717, 1.165) is 0 Å². The first-order valence-corrected chi connectivity index (χ1v) is 8.50. The Morgan fingerprint density at radius 3 is 2.38 bits per heavy atom. The first kappa shape index (κ1) is 17.2. The third-order valence-corrected chi connectivity index (χ3v) is 4.92. The second-order valence-electron chi connectivity index (χ2n) is 5.79. The normalized spacial score (nSPS) is 15.5. The number of carbonyl (C=O) groups excluding carboxylic acids is 1. The highest BCUT2D eigenvalue weighted by Gasteiger charge is 2.23. The van der Waals surface area contributed by atoms with Crippen LogP contribution in [0.5, 0.6) is 0 Å². The van der Waals surface area contributed by atoms with Crippen molar-refractivity contribution < 1.29 is 9.18 Å². The number of hydrogen-bond donors (Lipinski definition) is 0. The molecule has 1 heterocycles. The average molecular weight is 367 g/mol. The van der Waals surface area contributed by atoms with Gasteiger partial charge >= 0.3 is 0 Å². The van der Waals surface area contributed by atoms with Crippen molar-refractivity contribution >= 4 is 29.1 Å². The summed E-state index contributed by atoms with van der Waals surface area (Å²) in [5.74, 6) is -0.245. The maximum atomic E-state index is 13.7. The number of nitrogens with zero attached hydrogens (tertiary/aromatic N) is 2. The number of halogens is 3. The lowest BCUT2D eigenvalue weighted by atomic mass is 10.1. The van der Waals surface area contributed by atoms with E-state index in [4.69, 9.17) is 23.2 Å². The minimum Gasteiger partial charge on any atom is -0.336 e. The summed E-state index contributed by atoms with van der Waals surface area (Å²) in [6.45, 7) is 3.19. The zero-order chi connectivity index (χ0) is 17.1. The average Bonchev–Trinajstić information content (AvgIpc) is 2.59. The molecular formula is C18H17Cl2FN2O. The molecule has 0 saturated carbocycles. The maximum Gasteiger partial charge on any atom is 0.253 e. The van der Waals surface area contributed by atoms with Gasteiger partial charge in [-0.2, -0.15) is 0 Å². The van der Waals surface area contributed by atoms with E-state index in [1.807, 2.05) is 6.07 Å². The fourth-order valence-electron chi connectivity index (χ4n) is 2.79. The summed E-state index contributed by atoms with van der Waals surface area (Å²) in [7, 11) is 0. The van der Waals surface area contributed by atoms with Crippen LogP contribution in [0.3, 0.4) is 0 Å². The van der Waals surface area contributed by atoms with Crippen LogP contribution in [0, 0.1) is 5.82 Å². The number of carbonyl (C=O) groups is 1. The standard InChI is InChI=1S/C18H17Cl2FN2O/c19-15-6-5-13(11-16(15)20)18(24)23-9-7-22(8-10-23)12-14-3-1-2-4-17(14)21/h1-6,11H,7-10,12H2. The number of piperazine rings is 1. The van der Waals surface area contributed by atoms with E-state index in [-0.39, 0.29) is 11.7 Å². The topological polar surface area (TPSA) is 23.6 Å². The largest absolute Gasteiger partial charge is 0.336 e. The molecule has 3 rings (SSSR count). The molecule has 0 atom stereocenters. The van der Waals surface area contributed by atoms with E-state index in [0.29, 0.717) is 53.9 Å². The lowest BCUT2D eigenvalue weighted by Gasteiger charge is -2.34. The Bertz CT molecular complexity index is 746. The van der Waals surface area contributed by atoms with Crippen molar-refractivity contribution in [1.82, 2.24) is 9.80 Å². The van der Waals surface area contributed by atoms with Gasteiger partial charge in [0.15, 0.2) is 0 Å². The summed E-state index contributed by atoms with van der Waals surface area (Å²) in [4.78, 5) is 16.5. The quantitative estimate of drug-likeness (QED) is 0.816. The maximum absolute atomic E-state index is 13.7. The smallest absolute Gasteiger partial charge is 0.253 e. The van der Waals surface area contributed by atoms with Crippen molar-refractivity contribution in [2.24, 2.45) is 0 Å². The van der Waals surface area contributed by atoms with Gasteiger partial charge in [0, 0.05) is 43.9 Å². The zero-order valence-electron chi connectivity index (χ0n) is 13.0. The van der Waals surface area contributed by atoms with Crippen molar-refractivity contribution in [3.8, 4) is 0 Å². The van der Waals surface area contributed by atoms with Gasteiger partial charge in [0.25, 0.3) is 5.91 Å². The van der Waals surface area contributed by atoms with E-state index in [1.165, 1.54) is 6.07 Å². The van der Waals surface area contributed by atoms with Crippen LogP contribution in [-0.4, -0.2) is 41.9 Å². The molecule has 2 aromatic carbocycles. The van der Waals surface area contributed by atoms with Crippen molar-refractivity contribution in [1.29, 1.82) is 0 Å². The van der Waals surface area contributed by atoms with Crippen LogP contribution in [0.4, 0.5) is 4.39 Å². The van der Waals surface area contributed by atoms with Crippen LogP contribution < -0.4 is 0 Å². The second kappa shape index (κ2) is 7.51. The lowest BCUT2D eigenvalue weighted by Crippen LogP contribution is -2.48. The molecule has 0 bridgehead atoms. The Kier molecular flexibility index (Phi) is 5.39. The van der Waals surface area contributed by atoms with E-state index in [1.54, 1.807) is 35.2 Å². The SMILES string of the molecule is O=C(c1ccc(Cl)c(Cl)c1)N1CCN(Cc2ccccc2F)CC1. The van der Waals surface area contributed by atoms with E-state index in [9.17, 15) is 9.18 Å². The molecule has 0 aromatic heterocycles. The molecule has 1 aliphatic heterocycles. The molecule has 0 unspecified atom stereocenters. The van der Waals surface area contributed by atoms with E-state index < -0.39 is 0 Å². The fourth-order valence-corrected chi connectivity index (χ4v) is 3.09. The zero-order valence-corrected chi connectivity index (χ0v) is 14.5. The Morgan fingerprint density at radius 1 is 1.00 bits per heavy atom. The Labute approximate surface area is 150 Å². The van der Waals surface area contributed by atoms with Crippen molar-refractivity contribution in [2.75, 3.05) is 26.2 Å². The van der Waals surface area contributed by atoms with Crippen LogP contribution in [0.25, 0.3) is 0 Å². The molecule has 0 spiro atoms. The summed E-state index contributed by atoms with van der Waals surface area (Å²) in [5.41, 5.74) is 1.22. The highest BCUT2D eigenvalue weighted by Crippen LogP contribution is 2.23. The molecule has 1 aliphatic rings. The summed E-state index contributed by atoms with van der Waals surface area (Å²) in [5, 5.41) is 0.809. The summed E-state index contributed by atoms with van der Waals surface area (Å²) >= 11 is 11.9. The molecule has 126 valence electrons. The molecule has 0 aliphatic carbocycles. The molecule has 1 amide bonds. The highest BCUT2D eigenvalue weighted by molar-refractivity contribution is 6.42. The number of hydrogen-bond acceptors (Lipinski definition) is 2. The summed E-state index contributed by atoms with van der Waals surface area (Å²) in [6.07, 6.45) is 0. The predicted molar refractivity (Wildman–Crippen MR) is 94.0 cm³/mol. The molecule has 1 fully saturated rings. The summed E-state index contributed by atoms with van der Waals surface area (Å²) in [6, 6.07) is 11.7. The van der Waals surface area contributed by atoms with Crippen LogP contribution in [0.15, 0.2) is 42.5 Å². The van der Waals surface area contributed by atoms with Crippen molar-refractivity contribution in [2.45, 2.75) is 6.54 Å². The van der Waals surface area contributed by atoms with Crippen LogP contribution in [0.1, 0.15) is 15.9 Å². The van der Waals surface area contributed by atoms with Gasteiger partial charge in [-0.15, -0.1) is 0 Å². The third kappa shape index (κ3) is 3.89. The van der Waals surface area contributed by atoms with Gasteiger partial charge in [-0.05, 0) is 24.3 Å². The molecule has 0 N–H and O–H groups in total. The minimum absolute atomic E-state index is 0.0564. The number of benzene rings is 2. The predicted octanol–water partition coefficient (Wildman–Crippen LogP) is 4.09. The Balaban J connectivity index is 1.59. The fraction of sp³-hybridized carbons (Fsp3) is 0.278. The van der Waals surface area contributed by atoms with Gasteiger partial charge in [-0.25, -0.2) is 4.39 Å². The van der Waals surface area contributed by atoms with Crippen molar-refractivity contribution in [3.63, 3.8) is 0 Å². The van der Waals surface area contributed by atoms with Crippen LogP contribution in [-0.2, 0) is 6.54 Å². The Hall–Kier alpha value is -1.62. The number of rotatable bonds is 3.